The van der Waals surface area contributed by atoms with Gasteiger partial charge in [-0.3, -0.25) is 15.1 Å². The summed E-state index contributed by atoms with van der Waals surface area (Å²) in [6.45, 7) is 4.96. The molecule has 2 aromatic rings. The van der Waals surface area contributed by atoms with Crippen LogP contribution in [0.5, 0.6) is 0 Å². The van der Waals surface area contributed by atoms with Gasteiger partial charge in [-0.05, 0) is 50.7 Å². The number of nitrogens with zero attached hydrogens (tertiary/aromatic N) is 4. The number of thiazole rings is 1. The first-order valence-corrected chi connectivity index (χ1v) is 10.5. The molecule has 6 nitrogen and oxygen atoms in total. The van der Waals surface area contributed by atoms with E-state index < -0.39 is 0 Å². The van der Waals surface area contributed by atoms with Crippen molar-refractivity contribution in [2.45, 2.75) is 52.4 Å². The Morgan fingerprint density at radius 1 is 1.22 bits per heavy atom. The fraction of sp³-hybridized carbons (Fsp3) is 0.500. The molecule has 1 saturated carbocycles. The van der Waals surface area contributed by atoms with Gasteiger partial charge in [0.2, 0.25) is 4.80 Å². The second-order valence-corrected chi connectivity index (χ2v) is 7.73. The number of rotatable bonds is 6. The Balaban J connectivity index is 1.92. The molecule has 7 heteroatoms. The number of non-ortho nitro benzene ring substituents is 1. The lowest BCUT2D eigenvalue weighted by molar-refractivity contribution is -0.384. The van der Waals surface area contributed by atoms with Crippen molar-refractivity contribution in [2.75, 3.05) is 6.54 Å². The lowest BCUT2D eigenvalue weighted by Crippen LogP contribution is -2.19. The lowest BCUT2D eigenvalue weighted by Gasteiger charge is -2.22. The Kier molecular flexibility index (Phi) is 6.55. The highest BCUT2D eigenvalue weighted by molar-refractivity contribution is 7.07. The van der Waals surface area contributed by atoms with E-state index in [9.17, 15) is 10.1 Å². The first-order valence-electron chi connectivity index (χ1n) is 9.65. The topological polar surface area (TPSA) is 72.8 Å². The monoisotopic (exact) mass is 386 g/mol. The van der Waals surface area contributed by atoms with Crippen LogP contribution in [0.4, 0.5) is 5.69 Å². The maximum Gasteiger partial charge on any atom is 0.269 e. The number of aromatic nitrogens is 1. The van der Waals surface area contributed by atoms with E-state index in [1.807, 2.05) is 17.0 Å². The van der Waals surface area contributed by atoms with Gasteiger partial charge in [-0.15, -0.1) is 11.3 Å². The summed E-state index contributed by atoms with van der Waals surface area (Å²) in [6.07, 6.45) is 7.07. The van der Waals surface area contributed by atoms with Crippen molar-refractivity contribution in [3.05, 3.63) is 44.6 Å². The second-order valence-electron chi connectivity index (χ2n) is 6.89. The van der Waals surface area contributed by atoms with E-state index in [-0.39, 0.29) is 10.6 Å². The van der Waals surface area contributed by atoms with E-state index in [1.54, 1.807) is 23.5 Å². The van der Waals surface area contributed by atoms with Gasteiger partial charge < -0.3 is 0 Å². The van der Waals surface area contributed by atoms with Crippen LogP contribution < -0.4 is 4.80 Å². The molecule has 0 atom stereocenters. The number of nitro benzene ring substituents is 1. The van der Waals surface area contributed by atoms with Crippen LogP contribution in [-0.4, -0.2) is 21.9 Å². The van der Waals surface area contributed by atoms with Gasteiger partial charge >= 0.3 is 0 Å². The third kappa shape index (κ3) is 4.71. The highest BCUT2D eigenvalue weighted by Crippen LogP contribution is 2.27. The zero-order chi connectivity index (χ0) is 19.2. The Hall–Kier alpha value is -2.28. The van der Waals surface area contributed by atoms with Crippen LogP contribution in [-0.2, 0) is 0 Å². The highest BCUT2D eigenvalue weighted by Gasteiger charge is 2.18. The van der Waals surface area contributed by atoms with Crippen LogP contribution >= 0.6 is 11.3 Å². The molecule has 0 amide bonds. The largest absolute Gasteiger partial charge is 0.269 e. The van der Waals surface area contributed by atoms with Crippen LogP contribution in [0, 0.1) is 16.0 Å². The molecular formula is C20H26N4O2S. The molecule has 1 heterocycles. The van der Waals surface area contributed by atoms with Gasteiger partial charge in [-0.1, -0.05) is 19.8 Å². The average Bonchev–Trinajstić information content (AvgIpc) is 3.06. The fourth-order valence-corrected chi connectivity index (χ4v) is 4.44. The predicted molar refractivity (Wildman–Crippen MR) is 110 cm³/mol. The summed E-state index contributed by atoms with van der Waals surface area (Å²) in [6, 6.07) is 6.64. The summed E-state index contributed by atoms with van der Waals surface area (Å²) in [5.74, 6) is 0.829. The molecule has 1 aromatic carbocycles. The van der Waals surface area contributed by atoms with Crippen molar-refractivity contribution in [3.8, 4) is 11.3 Å². The third-order valence-corrected chi connectivity index (χ3v) is 5.83. The number of nitro groups is 1. The van der Waals surface area contributed by atoms with Crippen molar-refractivity contribution >= 4 is 22.7 Å². The summed E-state index contributed by atoms with van der Waals surface area (Å²) < 4.78 is 1.92. The molecule has 1 fully saturated rings. The Morgan fingerprint density at radius 2 is 1.93 bits per heavy atom. The van der Waals surface area contributed by atoms with Crippen LogP contribution in [0.2, 0.25) is 0 Å². The molecule has 1 aliphatic carbocycles. The molecule has 0 radical (unpaired) electrons. The van der Waals surface area contributed by atoms with E-state index >= 15 is 0 Å². The summed E-state index contributed by atoms with van der Waals surface area (Å²) >= 11 is 1.56. The zero-order valence-corrected chi connectivity index (χ0v) is 16.7. The van der Waals surface area contributed by atoms with Crippen LogP contribution in [0.3, 0.4) is 0 Å². The smallest absolute Gasteiger partial charge is 0.258 e. The van der Waals surface area contributed by atoms with Gasteiger partial charge in [0.05, 0.1) is 10.6 Å². The normalized spacial score (nSPS) is 17.9. The third-order valence-electron chi connectivity index (χ3n) is 4.97. The molecule has 0 bridgehead atoms. The van der Waals surface area contributed by atoms with Crippen molar-refractivity contribution in [3.63, 3.8) is 0 Å². The molecule has 27 heavy (non-hydrogen) atoms. The van der Waals surface area contributed by atoms with Gasteiger partial charge in [0.1, 0.15) is 0 Å². The first kappa shape index (κ1) is 19.5. The lowest BCUT2D eigenvalue weighted by atomic mass is 9.85. The molecule has 0 spiro atoms. The number of hydrogen-bond donors (Lipinski definition) is 0. The van der Waals surface area contributed by atoms with Crippen molar-refractivity contribution < 1.29 is 4.92 Å². The van der Waals surface area contributed by atoms with Crippen molar-refractivity contribution in [1.82, 2.24) is 4.68 Å². The molecule has 0 saturated heterocycles. The molecule has 1 aromatic heterocycles. The standard InChI is InChI=1S/C20H26N4O2S/c1-3-5-15-6-10-17(11-7-15)22-23-19(14-27-20(23)21-4-2)16-8-12-18(13-9-16)24(25)26/h8-9,12-15H,3-7,10-11H2,1-2H3. The minimum Gasteiger partial charge on any atom is -0.258 e. The maximum absolute atomic E-state index is 10.9. The maximum atomic E-state index is 10.9. The predicted octanol–water partition coefficient (Wildman–Crippen LogP) is 5.24. The number of hydrogen-bond acceptors (Lipinski definition) is 5. The molecule has 1 aliphatic rings. The van der Waals surface area contributed by atoms with E-state index in [4.69, 9.17) is 5.10 Å². The van der Waals surface area contributed by atoms with Crippen LogP contribution in [0.1, 0.15) is 52.4 Å². The van der Waals surface area contributed by atoms with Crippen molar-refractivity contribution in [1.29, 1.82) is 0 Å². The molecule has 144 valence electrons. The second kappa shape index (κ2) is 9.08. The Labute approximate surface area is 163 Å². The van der Waals surface area contributed by atoms with E-state index in [0.29, 0.717) is 6.54 Å². The minimum atomic E-state index is -0.377. The first-order chi connectivity index (χ1) is 13.1. The summed E-state index contributed by atoms with van der Waals surface area (Å²) in [5.41, 5.74) is 3.17. The van der Waals surface area contributed by atoms with Gasteiger partial charge in [-0.2, -0.15) is 5.10 Å². The van der Waals surface area contributed by atoms with E-state index in [1.165, 1.54) is 43.5 Å². The Morgan fingerprint density at radius 3 is 2.52 bits per heavy atom. The van der Waals surface area contributed by atoms with Crippen molar-refractivity contribution in [2.24, 2.45) is 16.0 Å². The molecular weight excluding hydrogens is 360 g/mol. The fourth-order valence-electron chi connectivity index (χ4n) is 3.54. The highest BCUT2D eigenvalue weighted by atomic mass is 32.1. The number of benzene rings is 1. The van der Waals surface area contributed by atoms with E-state index in [2.05, 4.69) is 11.9 Å². The van der Waals surface area contributed by atoms with Gasteiger partial charge in [-0.25, -0.2) is 4.68 Å². The van der Waals surface area contributed by atoms with Gasteiger partial charge in [0.25, 0.3) is 5.69 Å². The SMILES string of the molecule is CCCC1CCC(=Nn2c(-c3ccc([N+](=O)[O-])cc3)csc2=NCC)CC1. The van der Waals surface area contributed by atoms with Gasteiger partial charge in [0, 0.05) is 35.3 Å². The summed E-state index contributed by atoms with van der Waals surface area (Å²) in [7, 11) is 0. The summed E-state index contributed by atoms with van der Waals surface area (Å²) in [5, 5.41) is 17.9. The summed E-state index contributed by atoms with van der Waals surface area (Å²) in [4.78, 5) is 16.0. The quantitative estimate of drug-likeness (QED) is 0.503. The minimum absolute atomic E-state index is 0.0968. The molecule has 0 unspecified atom stereocenters. The molecule has 0 N–H and O–H groups in total. The molecule has 3 rings (SSSR count). The van der Waals surface area contributed by atoms with Crippen LogP contribution in [0.25, 0.3) is 11.3 Å². The van der Waals surface area contributed by atoms with E-state index in [0.717, 1.165) is 34.8 Å². The van der Waals surface area contributed by atoms with Crippen LogP contribution in [0.15, 0.2) is 39.7 Å². The Bertz CT molecular complexity index is 870. The molecule has 0 aliphatic heterocycles. The average molecular weight is 387 g/mol. The van der Waals surface area contributed by atoms with Gasteiger partial charge in [0.15, 0.2) is 0 Å². The zero-order valence-electron chi connectivity index (χ0n) is 15.9.